The molecule has 6 heteroatoms. The van der Waals surface area contributed by atoms with Crippen LogP contribution in [0.4, 0.5) is 0 Å². The van der Waals surface area contributed by atoms with Crippen LogP contribution in [0, 0.1) is 0 Å². The Bertz CT molecular complexity index is 2400. The predicted octanol–water partition coefficient (Wildman–Crippen LogP) is 9.84. The maximum Gasteiger partial charge on any atom is 0.195 e. The van der Waals surface area contributed by atoms with Crippen LogP contribution in [-0.4, -0.2) is 0 Å². The molecule has 0 N–H and O–H groups in total. The van der Waals surface area contributed by atoms with Crippen molar-refractivity contribution < 1.29 is 0 Å². The Labute approximate surface area is 236 Å². The summed E-state index contributed by atoms with van der Waals surface area (Å²) in [5, 5.41) is 12.6. The molecule has 8 aromatic rings. The third-order valence-corrected chi connectivity index (χ3v) is 10.9. The first-order valence-corrected chi connectivity index (χ1v) is 14.4. The van der Waals surface area contributed by atoms with Gasteiger partial charge in [0.15, 0.2) is 10.9 Å². The fourth-order valence-electron chi connectivity index (χ4n) is 6.10. The van der Waals surface area contributed by atoms with Crippen molar-refractivity contribution in [3.8, 4) is 0 Å². The predicted molar refractivity (Wildman–Crippen MR) is 166 cm³/mol. The SMILES string of the molecule is O=c1c2ccccc2c2cc3c(Br)cc4c(=O)c5c(Br)c(Br)ccc5c5cc6c(Br)cc1c2c6c3c45. The van der Waals surface area contributed by atoms with Gasteiger partial charge in [-0.05, 0) is 105 Å². The van der Waals surface area contributed by atoms with E-state index in [0.717, 1.165) is 71.8 Å². The van der Waals surface area contributed by atoms with Crippen LogP contribution in [0.25, 0.3) is 75.4 Å². The van der Waals surface area contributed by atoms with Gasteiger partial charge >= 0.3 is 0 Å². The molecule has 0 radical (unpaired) electrons. The van der Waals surface area contributed by atoms with Crippen molar-refractivity contribution in [3.63, 3.8) is 0 Å². The third kappa shape index (κ3) is 2.47. The van der Waals surface area contributed by atoms with Gasteiger partial charge in [0.25, 0.3) is 0 Å². The van der Waals surface area contributed by atoms with Crippen molar-refractivity contribution in [2.24, 2.45) is 0 Å². The number of rotatable bonds is 0. The third-order valence-electron chi connectivity index (χ3n) is 7.56. The van der Waals surface area contributed by atoms with Crippen LogP contribution in [0.5, 0.6) is 0 Å². The zero-order valence-electron chi connectivity index (χ0n) is 18.1. The number of hydrogen-bond donors (Lipinski definition) is 0. The van der Waals surface area contributed by atoms with Gasteiger partial charge in [-0.3, -0.25) is 9.59 Å². The van der Waals surface area contributed by atoms with E-state index in [1.165, 1.54) is 0 Å². The molecule has 0 aliphatic rings. The molecule has 0 aliphatic carbocycles. The minimum Gasteiger partial charge on any atom is -0.289 e. The number of hydrogen-bond acceptors (Lipinski definition) is 2. The van der Waals surface area contributed by atoms with Crippen LogP contribution in [0.1, 0.15) is 0 Å². The Morgan fingerprint density at radius 3 is 1.58 bits per heavy atom. The van der Waals surface area contributed by atoms with Crippen LogP contribution < -0.4 is 10.9 Å². The molecule has 0 fully saturated rings. The Morgan fingerprint density at radius 2 is 0.944 bits per heavy atom. The van der Waals surface area contributed by atoms with Gasteiger partial charge in [0.2, 0.25) is 0 Å². The normalized spacial score (nSPS) is 12.7. The summed E-state index contributed by atoms with van der Waals surface area (Å²) in [6.07, 6.45) is 0. The maximum atomic E-state index is 13.9. The molecule has 0 atom stereocenters. The summed E-state index contributed by atoms with van der Waals surface area (Å²) in [4.78, 5) is 27.5. The van der Waals surface area contributed by atoms with Crippen molar-refractivity contribution >= 4 is 139 Å². The number of fused-ring (bicyclic) bond motifs is 4. The first-order valence-electron chi connectivity index (χ1n) is 11.2. The van der Waals surface area contributed by atoms with Gasteiger partial charge in [-0.2, -0.15) is 0 Å². The summed E-state index contributed by atoms with van der Waals surface area (Å²) in [6.45, 7) is 0. The highest BCUT2D eigenvalue weighted by molar-refractivity contribution is 9.13. The number of benzene rings is 8. The largest absolute Gasteiger partial charge is 0.289 e. The van der Waals surface area contributed by atoms with Gasteiger partial charge < -0.3 is 0 Å². The molecule has 0 bridgehead atoms. The summed E-state index contributed by atoms with van der Waals surface area (Å²) >= 11 is 14.8. The minimum absolute atomic E-state index is 0.0164. The van der Waals surface area contributed by atoms with Gasteiger partial charge in [0, 0.05) is 50.2 Å². The molecular formula is C30H10Br4O2. The average molecular weight is 722 g/mol. The summed E-state index contributed by atoms with van der Waals surface area (Å²) in [5.74, 6) is 0. The molecule has 0 aromatic heterocycles. The van der Waals surface area contributed by atoms with E-state index in [0.29, 0.717) is 21.5 Å². The smallest absolute Gasteiger partial charge is 0.195 e. The van der Waals surface area contributed by atoms with Crippen molar-refractivity contribution in [1.29, 1.82) is 0 Å². The Kier molecular flexibility index (Phi) is 4.30. The van der Waals surface area contributed by atoms with E-state index in [4.69, 9.17) is 0 Å². The first-order chi connectivity index (χ1) is 17.4. The molecule has 0 aliphatic heterocycles. The first kappa shape index (κ1) is 21.7. The molecule has 0 unspecified atom stereocenters. The fourth-order valence-corrected chi connectivity index (χ4v) is 8.04. The molecule has 2 nitrogen and oxygen atoms in total. The van der Waals surface area contributed by atoms with Crippen LogP contribution in [0.15, 0.2) is 88.1 Å². The highest BCUT2D eigenvalue weighted by Crippen LogP contribution is 2.49. The van der Waals surface area contributed by atoms with Crippen molar-refractivity contribution in [2.75, 3.05) is 0 Å². The quantitative estimate of drug-likeness (QED) is 0.115. The van der Waals surface area contributed by atoms with Gasteiger partial charge in [0.1, 0.15) is 0 Å². The monoisotopic (exact) mass is 718 g/mol. The van der Waals surface area contributed by atoms with Crippen molar-refractivity contribution in [1.82, 2.24) is 0 Å². The zero-order valence-corrected chi connectivity index (χ0v) is 24.4. The van der Waals surface area contributed by atoms with E-state index in [1.54, 1.807) is 0 Å². The molecule has 0 heterocycles. The number of halogens is 4. The minimum atomic E-state index is -0.0164. The average Bonchev–Trinajstić information content (AvgIpc) is 2.88. The summed E-state index contributed by atoms with van der Waals surface area (Å²) in [6, 6.07) is 20.0. The molecule has 8 aromatic carbocycles. The second kappa shape index (κ2) is 7.13. The van der Waals surface area contributed by atoms with Gasteiger partial charge in [-0.1, -0.05) is 62.2 Å². The summed E-state index contributed by atoms with van der Waals surface area (Å²) in [5.41, 5.74) is 0.0101. The zero-order chi connectivity index (χ0) is 24.6. The lowest BCUT2D eigenvalue weighted by Gasteiger charge is -2.20. The van der Waals surface area contributed by atoms with Crippen LogP contribution in [0.2, 0.25) is 0 Å². The lowest BCUT2D eigenvalue weighted by atomic mass is 9.84. The molecule has 36 heavy (non-hydrogen) atoms. The molecule has 0 saturated heterocycles. The highest BCUT2D eigenvalue weighted by atomic mass is 79.9. The second-order valence-corrected chi connectivity index (χ2v) is 12.6. The van der Waals surface area contributed by atoms with E-state index >= 15 is 0 Å². The van der Waals surface area contributed by atoms with E-state index < -0.39 is 0 Å². The highest BCUT2D eigenvalue weighted by Gasteiger charge is 2.24. The lowest BCUT2D eigenvalue weighted by Crippen LogP contribution is -2.07. The molecule has 0 spiro atoms. The Balaban J connectivity index is 1.82. The van der Waals surface area contributed by atoms with Gasteiger partial charge in [0.05, 0.1) is 0 Å². The van der Waals surface area contributed by atoms with Crippen LogP contribution >= 0.6 is 63.7 Å². The lowest BCUT2D eigenvalue weighted by molar-refractivity contribution is 1.64. The standard InChI is InChI=1S/C30H10Br4O2/c31-20-6-5-12-15-8-17-21(32)9-18-23-14(11-3-1-2-4-13(11)29(18)35)7-16-22(33)10-19(24(15)26(16)25(17)23)30(36)27(12)28(20)34/h1-10H. The molecule has 0 saturated carbocycles. The molecule has 170 valence electrons. The summed E-state index contributed by atoms with van der Waals surface area (Å²) in [7, 11) is 0. The molecule has 8 rings (SSSR count). The van der Waals surface area contributed by atoms with Crippen LogP contribution in [-0.2, 0) is 0 Å². The van der Waals surface area contributed by atoms with E-state index in [1.807, 2.05) is 48.5 Å². The van der Waals surface area contributed by atoms with Crippen molar-refractivity contribution in [2.45, 2.75) is 0 Å². The van der Waals surface area contributed by atoms with E-state index in [9.17, 15) is 9.59 Å². The van der Waals surface area contributed by atoms with Gasteiger partial charge in [-0.25, -0.2) is 0 Å². The Hall–Kier alpha value is -2.38. The van der Waals surface area contributed by atoms with E-state index in [2.05, 4.69) is 75.9 Å². The van der Waals surface area contributed by atoms with E-state index in [-0.39, 0.29) is 10.9 Å². The molecule has 0 amide bonds. The molecular weight excluding hydrogens is 712 g/mol. The summed E-state index contributed by atoms with van der Waals surface area (Å²) < 4.78 is 3.32. The van der Waals surface area contributed by atoms with Crippen molar-refractivity contribution in [3.05, 3.63) is 99.0 Å². The Morgan fingerprint density at radius 1 is 0.389 bits per heavy atom. The topological polar surface area (TPSA) is 34.1 Å². The van der Waals surface area contributed by atoms with Crippen LogP contribution in [0.3, 0.4) is 0 Å². The van der Waals surface area contributed by atoms with Gasteiger partial charge in [-0.15, -0.1) is 0 Å². The fraction of sp³-hybridized carbons (Fsp3) is 0. The maximum absolute atomic E-state index is 13.9. The second-order valence-electron chi connectivity index (χ2n) is 9.24.